The van der Waals surface area contributed by atoms with Crippen molar-refractivity contribution in [2.75, 3.05) is 5.32 Å². The molecule has 0 heterocycles. The molecule has 0 bridgehead atoms. The number of nitrogens with two attached hydrogens (primary N) is 1. The minimum Gasteiger partial charge on any atom is -0.508 e. The smallest absolute Gasteiger partial charge is 0.251 e. The molecule has 21 heavy (non-hydrogen) atoms. The maximum absolute atomic E-state index is 13.5. The summed E-state index contributed by atoms with van der Waals surface area (Å²) in [6.07, 6.45) is 1.74. The number of halogens is 1. The molecule has 1 atom stereocenters. The van der Waals surface area contributed by atoms with Gasteiger partial charge in [-0.3, -0.25) is 4.79 Å². The van der Waals surface area contributed by atoms with E-state index in [1.54, 1.807) is 18.2 Å². The summed E-state index contributed by atoms with van der Waals surface area (Å²) in [4.78, 5) is 11.2. The minimum atomic E-state index is -0.784. The summed E-state index contributed by atoms with van der Waals surface area (Å²) < 4.78 is 13.5. The quantitative estimate of drug-likeness (QED) is 0.812. The van der Waals surface area contributed by atoms with Crippen LogP contribution in [0.4, 0.5) is 10.1 Å². The highest BCUT2D eigenvalue weighted by Crippen LogP contribution is 2.35. The van der Waals surface area contributed by atoms with E-state index in [1.165, 1.54) is 12.1 Å². The van der Waals surface area contributed by atoms with Crippen molar-refractivity contribution in [1.82, 2.24) is 0 Å². The van der Waals surface area contributed by atoms with Crippen LogP contribution < -0.4 is 11.1 Å². The lowest BCUT2D eigenvalue weighted by atomic mass is 10.1. The number of fused-ring (bicyclic) bond motifs is 1. The molecule has 0 saturated carbocycles. The van der Waals surface area contributed by atoms with Crippen LogP contribution in [0.5, 0.6) is 5.75 Å². The van der Waals surface area contributed by atoms with Crippen LogP contribution in [0.15, 0.2) is 36.4 Å². The topological polar surface area (TPSA) is 75.4 Å². The number of phenols is 1. The van der Waals surface area contributed by atoms with E-state index in [9.17, 15) is 14.3 Å². The van der Waals surface area contributed by atoms with E-state index in [0.717, 1.165) is 24.0 Å². The third-order valence-corrected chi connectivity index (χ3v) is 3.78. The van der Waals surface area contributed by atoms with Gasteiger partial charge in [0, 0.05) is 5.69 Å². The average molecular weight is 286 g/mol. The highest BCUT2D eigenvalue weighted by Gasteiger charge is 2.23. The van der Waals surface area contributed by atoms with Crippen LogP contribution in [-0.4, -0.2) is 11.0 Å². The van der Waals surface area contributed by atoms with Crippen molar-refractivity contribution in [2.45, 2.75) is 18.9 Å². The fourth-order valence-corrected chi connectivity index (χ4v) is 2.76. The van der Waals surface area contributed by atoms with E-state index < -0.39 is 11.7 Å². The molecule has 2 aromatic rings. The van der Waals surface area contributed by atoms with Gasteiger partial charge in [0.1, 0.15) is 11.6 Å². The molecule has 1 aliphatic rings. The standard InChI is InChI=1S/C16H15FN2O2/c17-14-5-2-10(8-13(14)16(18)21)19-15-6-1-9-7-11(20)3-4-12(9)15/h2-5,7-8,15,19-20H,1,6H2,(H2,18,21). The van der Waals surface area contributed by atoms with Crippen LogP contribution in [0.1, 0.15) is 33.9 Å². The summed E-state index contributed by atoms with van der Waals surface area (Å²) >= 11 is 0. The molecule has 0 fully saturated rings. The predicted molar refractivity (Wildman–Crippen MR) is 77.7 cm³/mol. The van der Waals surface area contributed by atoms with Gasteiger partial charge in [0.25, 0.3) is 5.91 Å². The number of aryl methyl sites for hydroxylation is 1. The van der Waals surface area contributed by atoms with Crippen molar-refractivity contribution in [1.29, 1.82) is 0 Å². The summed E-state index contributed by atoms with van der Waals surface area (Å²) in [5, 5.41) is 12.8. The first-order valence-corrected chi connectivity index (χ1v) is 6.72. The van der Waals surface area contributed by atoms with Crippen molar-refractivity contribution >= 4 is 11.6 Å². The largest absolute Gasteiger partial charge is 0.508 e. The molecule has 3 rings (SSSR count). The highest BCUT2D eigenvalue weighted by atomic mass is 19.1. The first-order chi connectivity index (χ1) is 10.0. The third kappa shape index (κ3) is 2.54. The number of anilines is 1. The summed E-state index contributed by atoms with van der Waals surface area (Å²) in [5.74, 6) is -1.15. The molecule has 108 valence electrons. The number of carbonyl (C=O) groups excluding carboxylic acids is 1. The number of phenolic OH excluding ortho intramolecular Hbond substituents is 1. The second-order valence-electron chi connectivity index (χ2n) is 5.18. The summed E-state index contributed by atoms with van der Waals surface area (Å²) in [7, 11) is 0. The lowest BCUT2D eigenvalue weighted by molar-refractivity contribution is 0.0996. The first-order valence-electron chi connectivity index (χ1n) is 6.72. The number of primary amides is 1. The molecular weight excluding hydrogens is 271 g/mol. The Morgan fingerprint density at radius 3 is 2.86 bits per heavy atom. The van der Waals surface area contributed by atoms with Crippen LogP contribution in [0.2, 0.25) is 0 Å². The zero-order valence-electron chi connectivity index (χ0n) is 11.3. The van der Waals surface area contributed by atoms with E-state index >= 15 is 0 Å². The van der Waals surface area contributed by atoms with Crippen LogP contribution >= 0.6 is 0 Å². The molecule has 0 spiro atoms. The molecule has 4 N–H and O–H groups in total. The Labute approximate surface area is 121 Å². The van der Waals surface area contributed by atoms with Gasteiger partial charge in [-0.1, -0.05) is 6.07 Å². The van der Waals surface area contributed by atoms with Gasteiger partial charge in [-0.05, 0) is 54.3 Å². The van der Waals surface area contributed by atoms with E-state index in [1.807, 2.05) is 6.07 Å². The Kier molecular flexibility index (Phi) is 3.25. The fourth-order valence-electron chi connectivity index (χ4n) is 2.76. The molecule has 0 radical (unpaired) electrons. The zero-order valence-corrected chi connectivity index (χ0v) is 11.3. The van der Waals surface area contributed by atoms with E-state index in [0.29, 0.717) is 5.69 Å². The monoisotopic (exact) mass is 286 g/mol. The van der Waals surface area contributed by atoms with Crippen molar-refractivity contribution < 1.29 is 14.3 Å². The van der Waals surface area contributed by atoms with Gasteiger partial charge in [-0.2, -0.15) is 0 Å². The molecule has 0 saturated heterocycles. The second-order valence-corrected chi connectivity index (χ2v) is 5.18. The van der Waals surface area contributed by atoms with Gasteiger partial charge >= 0.3 is 0 Å². The van der Waals surface area contributed by atoms with Crippen LogP contribution in [0.25, 0.3) is 0 Å². The van der Waals surface area contributed by atoms with Crippen molar-refractivity contribution in [3.05, 3.63) is 58.9 Å². The van der Waals surface area contributed by atoms with Gasteiger partial charge in [0.2, 0.25) is 0 Å². The maximum atomic E-state index is 13.5. The number of hydrogen-bond acceptors (Lipinski definition) is 3. The summed E-state index contributed by atoms with van der Waals surface area (Å²) in [5.41, 5.74) is 7.89. The molecule has 1 amide bonds. The molecule has 0 aliphatic heterocycles. The molecular formula is C16H15FN2O2. The third-order valence-electron chi connectivity index (χ3n) is 3.78. The Bertz CT molecular complexity index is 715. The summed E-state index contributed by atoms with van der Waals surface area (Å²) in [6.45, 7) is 0. The molecule has 1 unspecified atom stereocenters. The highest BCUT2D eigenvalue weighted by molar-refractivity contribution is 5.94. The van der Waals surface area contributed by atoms with Gasteiger partial charge in [-0.25, -0.2) is 4.39 Å². The lowest BCUT2D eigenvalue weighted by Gasteiger charge is -2.16. The van der Waals surface area contributed by atoms with Gasteiger partial charge in [-0.15, -0.1) is 0 Å². The number of aromatic hydroxyl groups is 1. The molecule has 4 nitrogen and oxygen atoms in total. The number of amides is 1. The number of carbonyl (C=O) groups is 1. The number of benzene rings is 2. The van der Waals surface area contributed by atoms with Crippen molar-refractivity contribution in [3.8, 4) is 5.75 Å². The number of rotatable bonds is 3. The van der Waals surface area contributed by atoms with E-state index in [2.05, 4.69) is 5.32 Å². The van der Waals surface area contributed by atoms with Crippen molar-refractivity contribution in [3.63, 3.8) is 0 Å². The SMILES string of the molecule is NC(=O)c1cc(NC2CCc3cc(O)ccc32)ccc1F. The van der Waals surface area contributed by atoms with Gasteiger partial charge in [0.05, 0.1) is 11.6 Å². The zero-order chi connectivity index (χ0) is 15.0. The van der Waals surface area contributed by atoms with Crippen molar-refractivity contribution in [2.24, 2.45) is 5.73 Å². The number of nitrogens with one attached hydrogen (secondary N) is 1. The van der Waals surface area contributed by atoms with Gasteiger partial charge < -0.3 is 16.2 Å². The Morgan fingerprint density at radius 2 is 2.10 bits per heavy atom. The van der Waals surface area contributed by atoms with Crippen LogP contribution in [0.3, 0.4) is 0 Å². The Hall–Kier alpha value is -2.56. The average Bonchev–Trinajstić information content (AvgIpc) is 2.83. The molecule has 2 aromatic carbocycles. The Morgan fingerprint density at radius 1 is 1.29 bits per heavy atom. The van der Waals surface area contributed by atoms with Gasteiger partial charge in [0.15, 0.2) is 0 Å². The maximum Gasteiger partial charge on any atom is 0.251 e. The number of hydrogen-bond donors (Lipinski definition) is 3. The normalized spacial score (nSPS) is 16.5. The second kappa shape index (κ2) is 5.09. The van der Waals surface area contributed by atoms with E-state index in [-0.39, 0.29) is 17.4 Å². The summed E-state index contributed by atoms with van der Waals surface area (Å²) in [6, 6.07) is 9.61. The van der Waals surface area contributed by atoms with E-state index in [4.69, 9.17) is 5.73 Å². The molecule has 1 aliphatic carbocycles. The molecule has 0 aromatic heterocycles. The molecule has 5 heteroatoms. The van der Waals surface area contributed by atoms with Crippen LogP contribution in [0, 0.1) is 5.82 Å². The first kappa shape index (κ1) is 13.4. The Balaban J connectivity index is 1.86. The minimum absolute atomic E-state index is 0.0757. The predicted octanol–water partition coefficient (Wildman–Crippen LogP) is 2.73. The fraction of sp³-hybridized carbons (Fsp3) is 0.188. The van der Waals surface area contributed by atoms with Crippen LogP contribution in [-0.2, 0) is 6.42 Å². The lowest BCUT2D eigenvalue weighted by Crippen LogP contribution is -2.14.